The Labute approximate surface area is 181 Å². The Bertz CT molecular complexity index is 991. The smallest absolute Gasteiger partial charge is 0.108 e. The van der Waals surface area contributed by atoms with Gasteiger partial charge in [0.1, 0.15) is 4.99 Å². The Kier molecular flexibility index (Phi) is 6.26. The number of carbonyl (C=O) groups is 1. The van der Waals surface area contributed by atoms with Crippen molar-refractivity contribution in [1.29, 1.82) is 0 Å². The van der Waals surface area contributed by atoms with Crippen LogP contribution >= 0.6 is 12.2 Å². The van der Waals surface area contributed by atoms with Crippen molar-refractivity contribution < 1.29 is 14.6 Å². The second kappa shape index (κ2) is 9.24. The van der Waals surface area contributed by atoms with Crippen molar-refractivity contribution in [2.75, 3.05) is 31.6 Å². The molecule has 2 aliphatic rings. The summed E-state index contributed by atoms with van der Waals surface area (Å²) in [6.07, 6.45) is 3.89. The quantitative estimate of drug-likeness (QED) is 0.751. The Hall–Kier alpha value is -2.96. The molecule has 0 amide bonds. The Balaban J connectivity index is 1.65. The van der Waals surface area contributed by atoms with Gasteiger partial charge in [0.2, 0.25) is 0 Å². The lowest BCUT2D eigenvalue weighted by Crippen LogP contribution is -2.36. The van der Waals surface area contributed by atoms with Crippen LogP contribution in [0.3, 0.4) is 0 Å². The summed E-state index contributed by atoms with van der Waals surface area (Å²) in [6, 6.07) is 16.7. The third-order valence-corrected chi connectivity index (χ3v) is 5.70. The molecular formula is C24H23N2O3S-. The molecule has 4 rings (SSSR count). The van der Waals surface area contributed by atoms with E-state index in [1.54, 1.807) is 12.1 Å². The number of nitrogens with one attached hydrogen (secondary N) is 1. The number of carboxylic acid groups (broad SMARTS) is 1. The van der Waals surface area contributed by atoms with E-state index in [0.717, 1.165) is 47.7 Å². The predicted octanol–water partition coefficient (Wildman–Crippen LogP) is 3.25. The topological polar surface area (TPSA) is 64.6 Å². The summed E-state index contributed by atoms with van der Waals surface area (Å²) < 4.78 is 5.55. The van der Waals surface area contributed by atoms with E-state index in [1.807, 2.05) is 42.5 Å². The number of aromatic carboxylic acids is 1. The molecule has 1 aliphatic carbocycles. The first kappa shape index (κ1) is 20.3. The van der Waals surface area contributed by atoms with Crippen LogP contribution in [-0.4, -0.2) is 42.2 Å². The molecule has 1 heterocycles. The third kappa shape index (κ3) is 4.61. The van der Waals surface area contributed by atoms with Gasteiger partial charge in [-0.3, -0.25) is 0 Å². The molecule has 1 saturated heterocycles. The molecule has 5 nitrogen and oxygen atoms in total. The normalized spacial score (nSPS) is 18.0. The number of anilines is 1. The Morgan fingerprint density at radius 2 is 1.73 bits per heavy atom. The molecule has 30 heavy (non-hydrogen) atoms. The standard InChI is InChI=1S/C24H24N2O3S/c27-24(28)18-8-6-17(7-9-18)16-19-10-11-21(22(19)26-12-14-29-15-13-26)23(30)25-20-4-2-1-3-5-20/h1-9,16H,10-15H2,(H,25,30)(H,27,28)/p-1/b19-16+. The molecule has 6 heteroatoms. The molecule has 2 aromatic carbocycles. The summed E-state index contributed by atoms with van der Waals surface area (Å²) >= 11 is 5.78. The van der Waals surface area contributed by atoms with Gasteiger partial charge in [0.25, 0.3) is 0 Å². The Morgan fingerprint density at radius 1 is 1.03 bits per heavy atom. The lowest BCUT2D eigenvalue weighted by Gasteiger charge is -2.32. The molecule has 0 saturated carbocycles. The summed E-state index contributed by atoms with van der Waals surface area (Å²) in [5, 5.41) is 14.4. The highest BCUT2D eigenvalue weighted by molar-refractivity contribution is 7.81. The average molecular weight is 420 g/mol. The number of rotatable bonds is 5. The van der Waals surface area contributed by atoms with Crippen LogP contribution in [0.15, 0.2) is 71.4 Å². The molecule has 2 aromatic rings. The van der Waals surface area contributed by atoms with E-state index in [9.17, 15) is 9.90 Å². The van der Waals surface area contributed by atoms with Crippen molar-refractivity contribution in [1.82, 2.24) is 4.90 Å². The maximum absolute atomic E-state index is 11.0. The van der Waals surface area contributed by atoms with Crippen LogP contribution in [0.25, 0.3) is 6.08 Å². The van der Waals surface area contributed by atoms with Crippen molar-refractivity contribution in [3.63, 3.8) is 0 Å². The lowest BCUT2D eigenvalue weighted by atomic mass is 10.1. The third-order valence-electron chi connectivity index (χ3n) is 5.35. The first-order valence-corrected chi connectivity index (χ1v) is 10.5. The van der Waals surface area contributed by atoms with E-state index in [4.69, 9.17) is 17.0 Å². The zero-order valence-electron chi connectivity index (χ0n) is 16.6. The van der Waals surface area contributed by atoms with Crippen LogP contribution < -0.4 is 10.4 Å². The first-order valence-electron chi connectivity index (χ1n) is 10.1. The number of morpholine rings is 1. The highest BCUT2D eigenvalue weighted by Gasteiger charge is 2.28. The maximum Gasteiger partial charge on any atom is 0.108 e. The second-order valence-electron chi connectivity index (χ2n) is 7.33. The van der Waals surface area contributed by atoms with Gasteiger partial charge in [-0.2, -0.15) is 0 Å². The number of thiocarbonyl (C=S) groups is 1. The summed E-state index contributed by atoms with van der Waals surface area (Å²) in [4.78, 5) is 14.1. The second-order valence-corrected chi connectivity index (χ2v) is 7.73. The van der Waals surface area contributed by atoms with Gasteiger partial charge >= 0.3 is 0 Å². The van der Waals surface area contributed by atoms with Crippen LogP contribution in [0.2, 0.25) is 0 Å². The number of carboxylic acids is 1. The van der Waals surface area contributed by atoms with Crippen molar-refractivity contribution >= 4 is 34.9 Å². The summed E-state index contributed by atoms with van der Waals surface area (Å²) in [5.74, 6) is -1.16. The van der Waals surface area contributed by atoms with Gasteiger partial charge in [0.15, 0.2) is 0 Å². The number of carbonyl (C=O) groups excluding carboxylic acids is 1. The fourth-order valence-electron chi connectivity index (χ4n) is 3.88. The van der Waals surface area contributed by atoms with E-state index in [-0.39, 0.29) is 5.56 Å². The molecular weight excluding hydrogens is 396 g/mol. The number of allylic oxidation sites excluding steroid dienone is 1. The highest BCUT2D eigenvalue weighted by atomic mass is 32.1. The molecule has 1 fully saturated rings. The van der Waals surface area contributed by atoms with Crippen LogP contribution in [-0.2, 0) is 4.74 Å². The number of nitrogens with zero attached hydrogens (tertiary/aromatic N) is 1. The van der Waals surface area contributed by atoms with E-state index >= 15 is 0 Å². The largest absolute Gasteiger partial charge is 0.545 e. The Morgan fingerprint density at radius 3 is 2.40 bits per heavy atom. The highest BCUT2D eigenvalue weighted by Crippen LogP contribution is 2.36. The molecule has 0 unspecified atom stereocenters. The molecule has 154 valence electrons. The van der Waals surface area contributed by atoms with Gasteiger partial charge in [-0.15, -0.1) is 0 Å². The van der Waals surface area contributed by atoms with Gasteiger partial charge in [-0.1, -0.05) is 54.7 Å². The van der Waals surface area contributed by atoms with E-state index in [0.29, 0.717) is 13.2 Å². The summed E-state index contributed by atoms with van der Waals surface area (Å²) in [6.45, 7) is 3.05. The monoisotopic (exact) mass is 419 g/mol. The van der Waals surface area contributed by atoms with Gasteiger partial charge in [-0.25, -0.2) is 0 Å². The molecule has 0 atom stereocenters. The predicted molar refractivity (Wildman–Crippen MR) is 120 cm³/mol. The minimum atomic E-state index is -1.16. The van der Waals surface area contributed by atoms with Crippen molar-refractivity contribution in [3.8, 4) is 0 Å². The molecule has 1 aliphatic heterocycles. The summed E-state index contributed by atoms with van der Waals surface area (Å²) in [5.41, 5.74) is 5.66. The number of benzene rings is 2. The average Bonchev–Trinajstić information content (AvgIpc) is 3.19. The van der Waals surface area contributed by atoms with Crippen LogP contribution in [0.1, 0.15) is 28.8 Å². The molecule has 1 N–H and O–H groups in total. The fraction of sp³-hybridized carbons (Fsp3) is 0.250. The van der Waals surface area contributed by atoms with E-state index < -0.39 is 5.97 Å². The first-order chi connectivity index (χ1) is 14.6. The molecule has 0 aromatic heterocycles. The van der Waals surface area contributed by atoms with Crippen LogP contribution in [0.4, 0.5) is 5.69 Å². The zero-order chi connectivity index (χ0) is 20.9. The number of hydrogen-bond donors (Lipinski definition) is 1. The minimum Gasteiger partial charge on any atom is -0.545 e. The van der Waals surface area contributed by atoms with Crippen LogP contribution in [0, 0.1) is 0 Å². The zero-order valence-corrected chi connectivity index (χ0v) is 17.4. The van der Waals surface area contributed by atoms with Gasteiger partial charge in [-0.05, 0) is 47.8 Å². The van der Waals surface area contributed by atoms with Gasteiger partial charge in [0.05, 0.1) is 19.2 Å². The fourth-order valence-corrected chi connectivity index (χ4v) is 4.19. The van der Waals surface area contributed by atoms with Crippen molar-refractivity contribution in [3.05, 3.63) is 82.6 Å². The van der Waals surface area contributed by atoms with Gasteiger partial charge in [0, 0.05) is 30.0 Å². The SMILES string of the molecule is O=C([O-])c1ccc(/C=C2\CCC(C(=S)Nc3ccccc3)=C2N2CCOCC2)cc1. The van der Waals surface area contributed by atoms with E-state index in [1.165, 1.54) is 11.3 Å². The van der Waals surface area contributed by atoms with Crippen molar-refractivity contribution in [2.24, 2.45) is 0 Å². The number of ether oxygens (including phenoxy) is 1. The lowest BCUT2D eigenvalue weighted by molar-refractivity contribution is -0.255. The van der Waals surface area contributed by atoms with Crippen LogP contribution in [0.5, 0.6) is 0 Å². The molecule has 0 radical (unpaired) electrons. The summed E-state index contributed by atoms with van der Waals surface area (Å²) in [7, 11) is 0. The van der Waals surface area contributed by atoms with Crippen molar-refractivity contribution in [2.45, 2.75) is 12.8 Å². The molecule has 0 spiro atoms. The minimum absolute atomic E-state index is 0.182. The van der Waals surface area contributed by atoms with E-state index in [2.05, 4.69) is 16.3 Å². The van der Waals surface area contributed by atoms with Gasteiger partial charge < -0.3 is 24.9 Å². The number of hydrogen-bond acceptors (Lipinski definition) is 5. The molecule has 0 bridgehead atoms. The maximum atomic E-state index is 11.0. The number of para-hydroxylation sites is 1.